The number of rotatable bonds is 0. The molecular formula is C16H22O2. The van der Waals surface area contributed by atoms with E-state index in [4.69, 9.17) is 4.74 Å². The molecule has 1 aromatic rings. The summed E-state index contributed by atoms with van der Waals surface area (Å²) in [5.41, 5.74) is 1.52. The van der Waals surface area contributed by atoms with Gasteiger partial charge in [-0.2, -0.15) is 0 Å². The minimum absolute atomic E-state index is 0.0578. The smallest absolute Gasteiger partial charge is 0.123 e. The first kappa shape index (κ1) is 11.9. The molecule has 1 fully saturated rings. The van der Waals surface area contributed by atoms with Crippen LogP contribution in [0.4, 0.5) is 0 Å². The van der Waals surface area contributed by atoms with Gasteiger partial charge in [-0.1, -0.05) is 20.8 Å². The molecule has 2 unspecified atom stereocenters. The predicted octanol–water partition coefficient (Wildman–Crippen LogP) is 3.91. The molecular weight excluding hydrogens is 224 g/mol. The van der Waals surface area contributed by atoms with E-state index in [0.717, 1.165) is 24.2 Å². The number of hydrogen-bond donors (Lipinski definition) is 1. The molecule has 0 bridgehead atoms. The maximum atomic E-state index is 9.52. The van der Waals surface area contributed by atoms with Gasteiger partial charge in [0.1, 0.15) is 17.1 Å². The largest absolute Gasteiger partial charge is 0.508 e. The Kier molecular flexibility index (Phi) is 2.42. The van der Waals surface area contributed by atoms with Crippen molar-refractivity contribution < 1.29 is 9.84 Å². The van der Waals surface area contributed by atoms with Crippen LogP contribution in [0.2, 0.25) is 0 Å². The van der Waals surface area contributed by atoms with Crippen LogP contribution in [-0.2, 0) is 6.42 Å². The van der Waals surface area contributed by atoms with E-state index < -0.39 is 0 Å². The number of ether oxygens (including phenoxy) is 1. The minimum Gasteiger partial charge on any atom is -0.508 e. The SMILES string of the molecule is CC(C)(C)C1CCC12CCc1cc(O)ccc1O2. The Hall–Kier alpha value is -1.18. The molecule has 1 aromatic carbocycles. The normalized spacial score (nSPS) is 30.5. The quantitative estimate of drug-likeness (QED) is 0.752. The van der Waals surface area contributed by atoms with Crippen LogP contribution in [-0.4, -0.2) is 10.7 Å². The van der Waals surface area contributed by atoms with Gasteiger partial charge in [-0.25, -0.2) is 0 Å². The Bertz CT molecular complexity index is 472. The van der Waals surface area contributed by atoms with Gasteiger partial charge in [0.25, 0.3) is 0 Å². The third-order valence-electron chi connectivity index (χ3n) is 4.71. The highest BCUT2D eigenvalue weighted by Crippen LogP contribution is 2.55. The number of phenols is 1. The van der Waals surface area contributed by atoms with Crippen molar-refractivity contribution in [2.45, 2.75) is 52.1 Å². The molecule has 0 radical (unpaired) electrons. The van der Waals surface area contributed by atoms with Crippen LogP contribution < -0.4 is 4.74 Å². The maximum Gasteiger partial charge on any atom is 0.123 e. The number of hydrogen-bond acceptors (Lipinski definition) is 2. The van der Waals surface area contributed by atoms with Crippen LogP contribution >= 0.6 is 0 Å². The van der Waals surface area contributed by atoms with E-state index in [0.29, 0.717) is 17.1 Å². The van der Waals surface area contributed by atoms with E-state index in [1.54, 1.807) is 6.07 Å². The summed E-state index contributed by atoms with van der Waals surface area (Å²) in [7, 11) is 0. The first-order valence-electron chi connectivity index (χ1n) is 6.92. The molecule has 2 atom stereocenters. The molecule has 2 heteroatoms. The topological polar surface area (TPSA) is 29.5 Å². The second-order valence-corrected chi connectivity index (χ2v) is 6.92. The number of phenolic OH excluding ortho intramolecular Hbond substituents is 1. The lowest BCUT2D eigenvalue weighted by Gasteiger charge is -2.56. The Morgan fingerprint density at radius 1 is 1.28 bits per heavy atom. The Morgan fingerprint density at radius 2 is 2.06 bits per heavy atom. The van der Waals surface area contributed by atoms with E-state index in [2.05, 4.69) is 20.8 Å². The van der Waals surface area contributed by atoms with Crippen molar-refractivity contribution in [1.29, 1.82) is 0 Å². The fourth-order valence-electron chi connectivity index (χ4n) is 3.73. The number of benzene rings is 1. The van der Waals surface area contributed by atoms with Gasteiger partial charge >= 0.3 is 0 Å². The molecule has 98 valence electrons. The standard InChI is InChI=1S/C16H22O2/c1-15(2,3)14-7-9-16(14)8-6-11-10-12(17)4-5-13(11)18-16/h4-5,10,14,17H,6-9H2,1-3H3. The Labute approximate surface area is 109 Å². The molecule has 3 rings (SSSR count). The summed E-state index contributed by atoms with van der Waals surface area (Å²) in [6.45, 7) is 6.94. The van der Waals surface area contributed by atoms with Gasteiger partial charge < -0.3 is 9.84 Å². The van der Waals surface area contributed by atoms with Crippen molar-refractivity contribution in [3.63, 3.8) is 0 Å². The van der Waals surface area contributed by atoms with E-state index >= 15 is 0 Å². The van der Waals surface area contributed by atoms with E-state index in [1.165, 1.54) is 12.8 Å². The minimum atomic E-state index is 0.0578. The summed E-state index contributed by atoms with van der Waals surface area (Å²) in [6.07, 6.45) is 4.56. The lowest BCUT2D eigenvalue weighted by atomic mass is 9.56. The molecule has 0 saturated heterocycles. The zero-order valence-electron chi connectivity index (χ0n) is 11.5. The van der Waals surface area contributed by atoms with Crippen molar-refractivity contribution in [2.24, 2.45) is 11.3 Å². The van der Waals surface area contributed by atoms with Crippen LogP contribution in [0.25, 0.3) is 0 Å². The van der Waals surface area contributed by atoms with Crippen molar-refractivity contribution in [3.8, 4) is 11.5 Å². The zero-order chi connectivity index (χ0) is 13.0. The van der Waals surface area contributed by atoms with Gasteiger partial charge in [0.05, 0.1) is 0 Å². The van der Waals surface area contributed by atoms with Crippen LogP contribution in [0, 0.1) is 11.3 Å². The molecule has 2 nitrogen and oxygen atoms in total. The highest BCUT2D eigenvalue weighted by molar-refractivity contribution is 5.42. The summed E-state index contributed by atoms with van der Waals surface area (Å²) in [6, 6.07) is 5.49. The van der Waals surface area contributed by atoms with Crippen LogP contribution in [0.1, 0.15) is 45.6 Å². The first-order valence-corrected chi connectivity index (χ1v) is 6.92. The van der Waals surface area contributed by atoms with E-state index in [9.17, 15) is 5.11 Å². The first-order chi connectivity index (χ1) is 8.41. The van der Waals surface area contributed by atoms with Gasteiger partial charge in [-0.15, -0.1) is 0 Å². The van der Waals surface area contributed by atoms with Gasteiger partial charge in [0.15, 0.2) is 0 Å². The van der Waals surface area contributed by atoms with Crippen molar-refractivity contribution in [2.75, 3.05) is 0 Å². The molecule has 2 aliphatic rings. The fraction of sp³-hybridized carbons (Fsp3) is 0.625. The highest BCUT2D eigenvalue weighted by atomic mass is 16.5. The zero-order valence-corrected chi connectivity index (χ0v) is 11.5. The third kappa shape index (κ3) is 1.70. The number of fused-ring (bicyclic) bond motifs is 1. The summed E-state index contributed by atoms with van der Waals surface area (Å²) < 4.78 is 6.34. The molecule has 1 N–H and O–H groups in total. The molecule has 0 aromatic heterocycles. The summed E-state index contributed by atoms with van der Waals surface area (Å²) >= 11 is 0. The van der Waals surface area contributed by atoms with Gasteiger partial charge in [0, 0.05) is 5.92 Å². The molecule has 1 heterocycles. The van der Waals surface area contributed by atoms with Crippen LogP contribution in [0.15, 0.2) is 18.2 Å². The molecule has 1 spiro atoms. The maximum absolute atomic E-state index is 9.52. The predicted molar refractivity (Wildman–Crippen MR) is 72.0 cm³/mol. The van der Waals surface area contributed by atoms with Crippen molar-refractivity contribution in [1.82, 2.24) is 0 Å². The lowest BCUT2D eigenvalue weighted by molar-refractivity contribution is -0.128. The molecule has 1 aliphatic heterocycles. The summed E-state index contributed by atoms with van der Waals surface area (Å²) in [5, 5.41) is 9.52. The molecule has 0 amide bonds. The second-order valence-electron chi connectivity index (χ2n) is 6.92. The van der Waals surface area contributed by atoms with Crippen LogP contribution in [0.3, 0.4) is 0 Å². The monoisotopic (exact) mass is 246 g/mol. The lowest BCUT2D eigenvalue weighted by Crippen LogP contribution is -2.58. The van der Waals surface area contributed by atoms with Crippen molar-refractivity contribution in [3.05, 3.63) is 23.8 Å². The third-order valence-corrected chi connectivity index (χ3v) is 4.71. The fourth-order valence-corrected chi connectivity index (χ4v) is 3.73. The molecule has 1 saturated carbocycles. The Balaban J connectivity index is 1.89. The average Bonchev–Trinajstić information content (AvgIpc) is 2.24. The average molecular weight is 246 g/mol. The summed E-state index contributed by atoms with van der Waals surface area (Å²) in [5.74, 6) is 1.97. The van der Waals surface area contributed by atoms with Gasteiger partial charge in [0.2, 0.25) is 0 Å². The van der Waals surface area contributed by atoms with Crippen molar-refractivity contribution >= 4 is 0 Å². The molecule has 1 aliphatic carbocycles. The van der Waals surface area contributed by atoms with Gasteiger partial charge in [-0.05, 0) is 54.9 Å². The number of aromatic hydroxyl groups is 1. The summed E-state index contributed by atoms with van der Waals surface area (Å²) in [4.78, 5) is 0. The van der Waals surface area contributed by atoms with Crippen LogP contribution in [0.5, 0.6) is 11.5 Å². The van der Waals surface area contributed by atoms with Gasteiger partial charge in [-0.3, -0.25) is 0 Å². The highest BCUT2D eigenvalue weighted by Gasteiger charge is 2.54. The van der Waals surface area contributed by atoms with E-state index in [1.807, 2.05) is 12.1 Å². The second kappa shape index (κ2) is 3.66. The Morgan fingerprint density at radius 3 is 2.67 bits per heavy atom. The number of aryl methyl sites for hydroxylation is 1. The molecule has 18 heavy (non-hydrogen) atoms. The van der Waals surface area contributed by atoms with E-state index in [-0.39, 0.29) is 5.60 Å².